The topological polar surface area (TPSA) is 84.5 Å². The van der Waals surface area contributed by atoms with Crippen LogP contribution in [0.3, 0.4) is 0 Å². The molecule has 3 aromatic carbocycles. The summed E-state index contributed by atoms with van der Waals surface area (Å²) in [5, 5.41) is 5.84. The number of halogens is 3. The summed E-state index contributed by atoms with van der Waals surface area (Å²) in [5.41, 5.74) is 0.584. The van der Waals surface area contributed by atoms with Gasteiger partial charge in [-0.2, -0.15) is 0 Å². The van der Waals surface area contributed by atoms with E-state index < -0.39 is 28.7 Å². The summed E-state index contributed by atoms with van der Waals surface area (Å²) in [6.45, 7) is -0.376. The molecule has 0 saturated carbocycles. The van der Waals surface area contributed by atoms with Crippen LogP contribution in [0.25, 0.3) is 16.8 Å². The number of carbonyl (C=O) groups is 3. The van der Waals surface area contributed by atoms with Crippen LogP contribution in [-0.2, 0) is 9.59 Å². The van der Waals surface area contributed by atoms with Crippen molar-refractivity contribution in [3.8, 4) is 5.75 Å². The lowest BCUT2D eigenvalue weighted by atomic mass is 10.1. The van der Waals surface area contributed by atoms with Crippen molar-refractivity contribution in [1.82, 2.24) is 5.32 Å². The SMILES string of the molecule is O=C(COc1ccc2cc(/C=C3/SC(=O)NC3=O)ccc2c1)Nc1c(F)cc(F)cc1Br. The van der Waals surface area contributed by atoms with Crippen LogP contribution in [0.2, 0.25) is 0 Å². The zero-order chi connectivity index (χ0) is 22.8. The van der Waals surface area contributed by atoms with Gasteiger partial charge in [-0.3, -0.25) is 19.7 Å². The summed E-state index contributed by atoms with van der Waals surface area (Å²) in [7, 11) is 0. The summed E-state index contributed by atoms with van der Waals surface area (Å²) in [4.78, 5) is 35.4. The summed E-state index contributed by atoms with van der Waals surface area (Å²) >= 11 is 3.86. The van der Waals surface area contributed by atoms with Crippen LogP contribution in [-0.4, -0.2) is 23.7 Å². The minimum Gasteiger partial charge on any atom is -0.484 e. The molecule has 2 N–H and O–H groups in total. The van der Waals surface area contributed by atoms with Crippen molar-refractivity contribution in [2.24, 2.45) is 0 Å². The molecule has 0 aromatic heterocycles. The number of benzene rings is 3. The fourth-order valence-electron chi connectivity index (χ4n) is 2.98. The standard InChI is InChI=1S/C22H13BrF2N2O4S/c23-16-8-14(24)9-17(25)20(16)26-19(28)10-31-15-4-3-12-5-11(1-2-13(12)7-15)6-18-21(29)27-22(30)32-18/h1-9H,10H2,(H,26,28)(H,27,29,30)/b18-6+. The second-order valence-electron chi connectivity index (χ2n) is 6.70. The summed E-state index contributed by atoms with van der Waals surface area (Å²) in [6, 6.07) is 12.4. The molecule has 1 fully saturated rings. The van der Waals surface area contributed by atoms with E-state index in [9.17, 15) is 23.2 Å². The Morgan fingerprint density at radius 3 is 2.56 bits per heavy atom. The van der Waals surface area contributed by atoms with Crippen molar-refractivity contribution in [1.29, 1.82) is 0 Å². The lowest BCUT2D eigenvalue weighted by molar-refractivity contribution is -0.118. The van der Waals surface area contributed by atoms with Crippen LogP contribution in [0, 0.1) is 11.6 Å². The Morgan fingerprint density at radius 2 is 1.84 bits per heavy atom. The van der Waals surface area contributed by atoms with Gasteiger partial charge in [0.05, 0.1) is 10.6 Å². The average Bonchev–Trinajstić information content (AvgIpc) is 3.05. The second kappa shape index (κ2) is 9.09. The Labute approximate surface area is 193 Å². The van der Waals surface area contributed by atoms with E-state index in [1.165, 1.54) is 0 Å². The molecule has 1 heterocycles. The van der Waals surface area contributed by atoms with Gasteiger partial charge in [-0.25, -0.2) is 8.78 Å². The predicted octanol–water partition coefficient (Wildman–Crippen LogP) is 5.22. The van der Waals surface area contributed by atoms with Gasteiger partial charge >= 0.3 is 0 Å². The summed E-state index contributed by atoms with van der Waals surface area (Å²) in [5.74, 6) is -2.28. The molecule has 4 rings (SSSR count). The first-order valence-electron chi connectivity index (χ1n) is 9.14. The van der Waals surface area contributed by atoms with Crippen LogP contribution in [0.15, 0.2) is 57.9 Å². The van der Waals surface area contributed by atoms with Crippen molar-refractivity contribution < 1.29 is 27.9 Å². The number of amides is 3. The first-order valence-corrected chi connectivity index (χ1v) is 10.8. The lowest BCUT2D eigenvalue weighted by Crippen LogP contribution is -2.21. The molecule has 1 aliphatic rings. The number of nitrogens with one attached hydrogen (secondary N) is 2. The number of fused-ring (bicyclic) bond motifs is 1. The number of rotatable bonds is 5. The van der Waals surface area contributed by atoms with Gasteiger partial charge < -0.3 is 10.1 Å². The van der Waals surface area contributed by atoms with Crippen molar-refractivity contribution in [3.63, 3.8) is 0 Å². The highest BCUT2D eigenvalue weighted by Gasteiger charge is 2.24. The maximum atomic E-state index is 13.8. The monoisotopic (exact) mass is 518 g/mol. The predicted molar refractivity (Wildman–Crippen MR) is 121 cm³/mol. The minimum atomic E-state index is -0.903. The van der Waals surface area contributed by atoms with Crippen LogP contribution >= 0.6 is 27.7 Å². The average molecular weight is 519 g/mol. The molecule has 10 heteroatoms. The van der Waals surface area contributed by atoms with Crippen LogP contribution in [0.1, 0.15) is 5.56 Å². The van der Waals surface area contributed by atoms with Crippen LogP contribution in [0.5, 0.6) is 5.75 Å². The molecular weight excluding hydrogens is 506 g/mol. The Bertz CT molecular complexity index is 1290. The van der Waals surface area contributed by atoms with Gasteiger partial charge in [-0.05, 0) is 74.4 Å². The third-order valence-corrected chi connectivity index (χ3v) is 5.85. The zero-order valence-electron chi connectivity index (χ0n) is 16.1. The first kappa shape index (κ1) is 22.0. The highest BCUT2D eigenvalue weighted by atomic mass is 79.9. The number of hydrogen-bond donors (Lipinski definition) is 2. The Balaban J connectivity index is 1.43. The second-order valence-corrected chi connectivity index (χ2v) is 8.57. The molecule has 0 radical (unpaired) electrons. The maximum Gasteiger partial charge on any atom is 0.290 e. The summed E-state index contributed by atoms with van der Waals surface area (Å²) in [6.07, 6.45) is 1.63. The number of imide groups is 1. The molecule has 1 saturated heterocycles. The van der Waals surface area contributed by atoms with Gasteiger partial charge in [0, 0.05) is 10.5 Å². The molecule has 162 valence electrons. The number of ether oxygens (including phenoxy) is 1. The molecular formula is C22H13BrF2N2O4S. The van der Waals surface area contributed by atoms with Crippen molar-refractivity contribution in [2.45, 2.75) is 0 Å². The quantitative estimate of drug-likeness (QED) is 0.452. The normalized spacial score (nSPS) is 14.7. The van der Waals surface area contributed by atoms with Gasteiger partial charge in [0.2, 0.25) is 0 Å². The Hall–Kier alpha value is -3.24. The molecule has 0 aliphatic carbocycles. The van der Waals surface area contributed by atoms with Crippen molar-refractivity contribution >= 4 is 67.3 Å². The molecule has 6 nitrogen and oxygen atoms in total. The lowest BCUT2D eigenvalue weighted by Gasteiger charge is -2.10. The maximum absolute atomic E-state index is 13.8. The molecule has 1 aliphatic heterocycles. The Morgan fingerprint density at radius 1 is 1.09 bits per heavy atom. The third kappa shape index (κ3) is 4.97. The van der Waals surface area contributed by atoms with Gasteiger partial charge in [0.25, 0.3) is 17.1 Å². The van der Waals surface area contributed by atoms with Crippen LogP contribution < -0.4 is 15.4 Å². The molecule has 32 heavy (non-hydrogen) atoms. The van der Waals surface area contributed by atoms with Gasteiger partial charge in [0.1, 0.15) is 11.6 Å². The first-order chi connectivity index (χ1) is 15.3. The highest BCUT2D eigenvalue weighted by molar-refractivity contribution is 9.10. The van der Waals surface area contributed by atoms with Crippen molar-refractivity contribution in [2.75, 3.05) is 11.9 Å². The molecule has 3 amide bonds. The third-order valence-electron chi connectivity index (χ3n) is 4.42. The van der Waals surface area contributed by atoms with Crippen molar-refractivity contribution in [3.05, 3.63) is 75.1 Å². The number of thioether (sulfide) groups is 1. The highest BCUT2D eigenvalue weighted by Crippen LogP contribution is 2.29. The van der Waals surface area contributed by atoms with E-state index in [1.807, 2.05) is 12.1 Å². The van der Waals surface area contributed by atoms with E-state index in [2.05, 4.69) is 26.6 Å². The van der Waals surface area contributed by atoms with E-state index in [0.29, 0.717) is 16.7 Å². The molecule has 0 bridgehead atoms. The zero-order valence-corrected chi connectivity index (χ0v) is 18.5. The van der Waals surface area contributed by atoms with E-state index in [1.54, 1.807) is 30.3 Å². The van der Waals surface area contributed by atoms with E-state index in [0.717, 1.165) is 34.2 Å². The molecule has 0 atom stereocenters. The fourth-order valence-corrected chi connectivity index (χ4v) is 4.17. The van der Waals surface area contributed by atoms with Gasteiger partial charge in [-0.15, -0.1) is 0 Å². The molecule has 0 spiro atoms. The van der Waals surface area contributed by atoms with E-state index in [-0.39, 0.29) is 16.8 Å². The minimum absolute atomic E-state index is 0.0812. The van der Waals surface area contributed by atoms with Crippen LogP contribution in [0.4, 0.5) is 19.3 Å². The number of hydrogen-bond acceptors (Lipinski definition) is 5. The van der Waals surface area contributed by atoms with E-state index >= 15 is 0 Å². The number of carbonyl (C=O) groups excluding carboxylic acids is 3. The molecule has 0 unspecified atom stereocenters. The van der Waals surface area contributed by atoms with Gasteiger partial charge in [-0.1, -0.05) is 18.2 Å². The Kier molecular flexibility index (Phi) is 6.24. The number of anilines is 1. The van der Waals surface area contributed by atoms with Gasteiger partial charge in [0.15, 0.2) is 12.4 Å². The summed E-state index contributed by atoms with van der Waals surface area (Å²) < 4.78 is 32.6. The molecule has 3 aromatic rings. The smallest absolute Gasteiger partial charge is 0.290 e. The largest absolute Gasteiger partial charge is 0.484 e. The van der Waals surface area contributed by atoms with E-state index in [4.69, 9.17) is 4.74 Å². The fraction of sp³-hybridized carbons (Fsp3) is 0.0455.